The van der Waals surface area contributed by atoms with E-state index in [9.17, 15) is 4.79 Å². The van der Waals surface area contributed by atoms with Gasteiger partial charge in [0.05, 0.1) is 24.4 Å². The average Bonchev–Trinajstić information content (AvgIpc) is 3.37. The number of fused-ring (bicyclic) bond motifs is 1. The summed E-state index contributed by atoms with van der Waals surface area (Å²) in [5, 5.41) is 7.37. The van der Waals surface area contributed by atoms with Crippen LogP contribution < -0.4 is 15.4 Å². The van der Waals surface area contributed by atoms with Gasteiger partial charge < -0.3 is 19.8 Å². The lowest BCUT2D eigenvalue weighted by atomic mass is 10.1. The van der Waals surface area contributed by atoms with Gasteiger partial charge in [-0.25, -0.2) is 0 Å². The topological polar surface area (TPSA) is 63.5 Å². The third kappa shape index (κ3) is 3.78. The van der Waals surface area contributed by atoms with Crippen LogP contribution in [0.25, 0.3) is 0 Å². The fraction of sp³-hybridized carbons (Fsp3) is 0.318. The molecule has 0 saturated carbocycles. The van der Waals surface area contributed by atoms with E-state index in [4.69, 9.17) is 9.15 Å². The first-order chi connectivity index (χ1) is 13.7. The Morgan fingerprint density at radius 3 is 2.86 bits per heavy atom. The molecule has 0 unspecified atom stereocenters. The van der Waals surface area contributed by atoms with Gasteiger partial charge in [-0.3, -0.25) is 4.79 Å². The first-order valence-electron chi connectivity index (χ1n) is 9.62. The zero-order valence-corrected chi connectivity index (χ0v) is 16.9. The largest absolute Gasteiger partial charge is 0.492 e. The number of benzene rings is 1. The number of hydrogen-bond donors (Lipinski definition) is 2. The molecular formula is C22H24N2O3S. The lowest BCUT2D eigenvalue weighted by Crippen LogP contribution is -2.16. The van der Waals surface area contributed by atoms with Gasteiger partial charge in [0.2, 0.25) is 0 Å². The van der Waals surface area contributed by atoms with Gasteiger partial charge in [-0.1, -0.05) is 12.1 Å². The number of rotatable bonds is 7. The van der Waals surface area contributed by atoms with E-state index in [-0.39, 0.29) is 5.91 Å². The highest BCUT2D eigenvalue weighted by Crippen LogP contribution is 2.40. The van der Waals surface area contributed by atoms with E-state index >= 15 is 0 Å². The number of carbonyl (C=O) groups is 1. The van der Waals surface area contributed by atoms with Gasteiger partial charge in [0.1, 0.15) is 22.3 Å². The summed E-state index contributed by atoms with van der Waals surface area (Å²) in [6.45, 7) is 4.97. The first-order valence-corrected chi connectivity index (χ1v) is 10.4. The molecule has 6 heteroatoms. The van der Waals surface area contributed by atoms with Crippen molar-refractivity contribution in [3.8, 4) is 5.75 Å². The van der Waals surface area contributed by atoms with E-state index in [1.54, 1.807) is 11.3 Å². The second kappa shape index (κ2) is 8.10. The van der Waals surface area contributed by atoms with Crippen LogP contribution in [-0.2, 0) is 19.4 Å². The van der Waals surface area contributed by atoms with Crippen molar-refractivity contribution in [2.45, 2.75) is 39.7 Å². The molecule has 1 amide bonds. The first kappa shape index (κ1) is 18.6. The summed E-state index contributed by atoms with van der Waals surface area (Å²) in [7, 11) is 0. The molecule has 4 rings (SSSR count). The van der Waals surface area contributed by atoms with Crippen LogP contribution in [0.15, 0.2) is 40.8 Å². The number of nitrogens with one attached hydrogen (secondary N) is 2. The number of aryl methyl sites for hydroxylation is 2. The Hall–Kier alpha value is -2.73. The summed E-state index contributed by atoms with van der Waals surface area (Å²) in [5.74, 6) is 2.34. The zero-order valence-electron chi connectivity index (χ0n) is 16.1. The summed E-state index contributed by atoms with van der Waals surface area (Å²) < 4.78 is 11.3. The number of ether oxygens (including phenoxy) is 1. The molecule has 1 aromatic carbocycles. The molecule has 28 heavy (non-hydrogen) atoms. The molecule has 2 N–H and O–H groups in total. The number of thiophene rings is 1. The Morgan fingerprint density at radius 1 is 1.21 bits per heavy atom. The Bertz CT molecular complexity index is 990. The van der Waals surface area contributed by atoms with Gasteiger partial charge in [-0.05, 0) is 62.9 Å². The maximum Gasteiger partial charge on any atom is 0.259 e. The Morgan fingerprint density at radius 2 is 2.07 bits per heavy atom. The van der Waals surface area contributed by atoms with Gasteiger partial charge in [0.15, 0.2) is 0 Å². The standard InChI is InChI=1S/C22H24N2O3S/c1-3-26-18-9-5-4-8-17(18)24-21(25)20-16-7-6-10-19(16)28-22(20)23-13-15-12-11-14(2)27-15/h4-5,8-9,11-12,23H,3,6-7,10,13H2,1-2H3,(H,24,25). The van der Waals surface area contributed by atoms with Gasteiger partial charge in [0, 0.05) is 4.88 Å². The minimum atomic E-state index is -0.0929. The molecule has 0 radical (unpaired) electrons. The van der Waals surface area contributed by atoms with E-state index in [0.29, 0.717) is 24.6 Å². The van der Waals surface area contributed by atoms with Crippen LogP contribution in [0.3, 0.4) is 0 Å². The number of carbonyl (C=O) groups excluding carboxylic acids is 1. The van der Waals surface area contributed by atoms with Crippen molar-refractivity contribution < 1.29 is 13.9 Å². The third-order valence-corrected chi connectivity index (χ3v) is 6.05. The van der Waals surface area contributed by atoms with Crippen LogP contribution in [0, 0.1) is 6.92 Å². The van der Waals surface area contributed by atoms with Crippen LogP contribution in [0.1, 0.15) is 45.7 Å². The molecule has 2 aromatic heterocycles. The van der Waals surface area contributed by atoms with Crippen LogP contribution in [0.4, 0.5) is 10.7 Å². The maximum atomic E-state index is 13.2. The molecule has 0 fully saturated rings. The SMILES string of the molecule is CCOc1ccccc1NC(=O)c1c(NCc2ccc(C)o2)sc2c1CCC2. The smallest absolute Gasteiger partial charge is 0.259 e. The number of furan rings is 1. The van der Waals surface area contributed by atoms with Crippen molar-refractivity contribution in [1.82, 2.24) is 0 Å². The van der Waals surface area contributed by atoms with Gasteiger partial charge in [-0.2, -0.15) is 0 Å². The van der Waals surface area contributed by atoms with Crippen molar-refractivity contribution in [1.29, 1.82) is 0 Å². The van der Waals surface area contributed by atoms with Crippen LogP contribution in [0.2, 0.25) is 0 Å². The van der Waals surface area contributed by atoms with Gasteiger partial charge >= 0.3 is 0 Å². The van der Waals surface area contributed by atoms with E-state index in [1.165, 1.54) is 10.4 Å². The zero-order chi connectivity index (χ0) is 19.5. The van der Waals surface area contributed by atoms with Crippen molar-refractivity contribution in [3.63, 3.8) is 0 Å². The molecular weight excluding hydrogens is 372 g/mol. The number of hydrogen-bond acceptors (Lipinski definition) is 5. The molecule has 0 atom stereocenters. The maximum absolute atomic E-state index is 13.2. The normalized spacial score (nSPS) is 12.6. The van der Waals surface area contributed by atoms with Gasteiger partial charge in [-0.15, -0.1) is 11.3 Å². The molecule has 0 spiro atoms. The number of para-hydroxylation sites is 2. The van der Waals surface area contributed by atoms with Crippen LogP contribution in [-0.4, -0.2) is 12.5 Å². The second-order valence-electron chi connectivity index (χ2n) is 6.81. The minimum absolute atomic E-state index is 0.0929. The molecule has 0 saturated heterocycles. The lowest BCUT2D eigenvalue weighted by molar-refractivity contribution is 0.102. The fourth-order valence-corrected chi connectivity index (χ4v) is 4.84. The number of amides is 1. The quantitative estimate of drug-likeness (QED) is 0.561. The van der Waals surface area contributed by atoms with E-state index in [1.807, 2.05) is 50.2 Å². The van der Waals surface area contributed by atoms with E-state index in [0.717, 1.165) is 41.3 Å². The van der Waals surface area contributed by atoms with Crippen molar-refractivity contribution in [3.05, 3.63) is 63.9 Å². The number of anilines is 2. The van der Waals surface area contributed by atoms with E-state index in [2.05, 4.69) is 10.6 Å². The molecule has 1 aliphatic rings. The second-order valence-corrected chi connectivity index (χ2v) is 7.92. The summed E-state index contributed by atoms with van der Waals surface area (Å²) in [4.78, 5) is 14.5. The van der Waals surface area contributed by atoms with Gasteiger partial charge in [0.25, 0.3) is 5.91 Å². The lowest BCUT2D eigenvalue weighted by Gasteiger charge is -2.13. The monoisotopic (exact) mass is 396 g/mol. The predicted octanol–water partition coefficient (Wildman–Crippen LogP) is 5.40. The molecule has 1 aliphatic carbocycles. The van der Waals surface area contributed by atoms with Crippen LogP contribution >= 0.6 is 11.3 Å². The fourth-order valence-electron chi connectivity index (χ4n) is 3.55. The molecule has 5 nitrogen and oxygen atoms in total. The van der Waals surface area contributed by atoms with Crippen molar-refractivity contribution >= 4 is 27.9 Å². The van der Waals surface area contributed by atoms with Crippen LogP contribution in [0.5, 0.6) is 5.75 Å². The molecule has 0 bridgehead atoms. The Balaban J connectivity index is 1.58. The average molecular weight is 397 g/mol. The molecule has 146 valence electrons. The molecule has 0 aliphatic heterocycles. The Labute approximate surface area is 168 Å². The third-order valence-electron chi connectivity index (χ3n) is 4.80. The van der Waals surface area contributed by atoms with Crippen molar-refractivity contribution in [2.75, 3.05) is 17.2 Å². The van der Waals surface area contributed by atoms with Crippen molar-refractivity contribution in [2.24, 2.45) is 0 Å². The predicted molar refractivity (Wildman–Crippen MR) is 113 cm³/mol. The highest BCUT2D eigenvalue weighted by molar-refractivity contribution is 7.16. The summed E-state index contributed by atoms with van der Waals surface area (Å²) in [5.41, 5.74) is 2.63. The molecule has 2 heterocycles. The Kier molecular flexibility index (Phi) is 5.39. The minimum Gasteiger partial charge on any atom is -0.492 e. The highest BCUT2D eigenvalue weighted by Gasteiger charge is 2.27. The molecule has 3 aromatic rings. The highest BCUT2D eigenvalue weighted by atomic mass is 32.1. The summed E-state index contributed by atoms with van der Waals surface area (Å²) >= 11 is 1.68. The van der Waals surface area contributed by atoms with E-state index < -0.39 is 0 Å². The summed E-state index contributed by atoms with van der Waals surface area (Å²) in [6.07, 6.45) is 3.09. The summed E-state index contributed by atoms with van der Waals surface area (Å²) in [6, 6.07) is 11.4.